The Hall–Kier alpha value is -1.07. The molecule has 5 heteroatoms. The zero-order valence-corrected chi connectivity index (χ0v) is 12.6. The van der Waals surface area contributed by atoms with Gasteiger partial charge in [-0.25, -0.2) is 0 Å². The number of likely N-dealkylation sites (tertiary alicyclic amines) is 1. The molecule has 0 radical (unpaired) electrons. The molecule has 2 rings (SSSR count). The minimum atomic E-state index is -4.27. The van der Waals surface area contributed by atoms with Gasteiger partial charge in [0.1, 0.15) is 0 Å². The third-order valence-corrected chi connectivity index (χ3v) is 4.30. The summed E-state index contributed by atoms with van der Waals surface area (Å²) in [5, 5.41) is 3.21. The predicted octanol–water partition coefficient (Wildman–Crippen LogP) is 3.70. The molecule has 0 aliphatic carbocycles. The van der Waals surface area contributed by atoms with Gasteiger partial charge >= 0.3 is 6.18 Å². The van der Waals surface area contributed by atoms with E-state index in [1.165, 1.54) is 18.6 Å². The second-order valence-electron chi connectivity index (χ2n) is 5.86. The Labute approximate surface area is 124 Å². The average Bonchev–Trinajstić information content (AvgIpc) is 2.60. The molecule has 1 aromatic carbocycles. The highest BCUT2D eigenvalue weighted by Crippen LogP contribution is 2.36. The van der Waals surface area contributed by atoms with Crippen LogP contribution in [0, 0.1) is 5.92 Å². The molecular weight excluding hydrogens is 277 g/mol. The fourth-order valence-corrected chi connectivity index (χ4v) is 3.30. The van der Waals surface area contributed by atoms with Crippen molar-refractivity contribution >= 4 is 0 Å². The van der Waals surface area contributed by atoms with Gasteiger partial charge in [-0.05, 0) is 63.6 Å². The number of benzene rings is 1. The molecule has 0 amide bonds. The van der Waals surface area contributed by atoms with Crippen molar-refractivity contribution in [3.05, 3.63) is 35.4 Å². The van der Waals surface area contributed by atoms with Crippen LogP contribution < -0.4 is 5.32 Å². The van der Waals surface area contributed by atoms with Gasteiger partial charge in [0, 0.05) is 6.04 Å². The van der Waals surface area contributed by atoms with Crippen LogP contribution in [0.15, 0.2) is 24.3 Å². The summed E-state index contributed by atoms with van der Waals surface area (Å²) in [6.07, 6.45) is -0.837. The number of halogens is 3. The Morgan fingerprint density at radius 2 is 1.86 bits per heavy atom. The predicted molar refractivity (Wildman–Crippen MR) is 78.1 cm³/mol. The molecule has 0 bridgehead atoms. The van der Waals surface area contributed by atoms with Gasteiger partial charge in [0.05, 0.1) is 5.56 Å². The number of alkyl halides is 3. The van der Waals surface area contributed by atoms with Crippen molar-refractivity contribution in [1.82, 2.24) is 10.2 Å². The maximum Gasteiger partial charge on any atom is 0.416 e. The van der Waals surface area contributed by atoms with Gasteiger partial charge in [-0.15, -0.1) is 0 Å². The van der Waals surface area contributed by atoms with Crippen LogP contribution in [0.2, 0.25) is 0 Å². The minimum absolute atomic E-state index is 0.183. The molecular formula is C16H23F3N2. The second-order valence-corrected chi connectivity index (χ2v) is 5.86. The van der Waals surface area contributed by atoms with Gasteiger partial charge in [-0.3, -0.25) is 4.90 Å². The van der Waals surface area contributed by atoms with Crippen molar-refractivity contribution in [2.24, 2.45) is 5.92 Å². The Morgan fingerprint density at radius 1 is 1.19 bits per heavy atom. The molecule has 1 heterocycles. The molecule has 1 aliphatic heterocycles. The molecule has 1 aromatic rings. The highest BCUT2D eigenvalue weighted by molar-refractivity contribution is 5.27. The highest BCUT2D eigenvalue weighted by Gasteiger charge is 2.32. The summed E-state index contributed by atoms with van der Waals surface area (Å²) in [5.41, 5.74) is 0.403. The summed E-state index contributed by atoms with van der Waals surface area (Å²) in [5.74, 6) is 0.430. The third kappa shape index (κ3) is 3.98. The molecule has 1 N–H and O–H groups in total. The molecule has 2 atom stereocenters. The van der Waals surface area contributed by atoms with E-state index in [1.54, 1.807) is 12.1 Å². The SMILES string of the molecule is CNCC1CCCCN(C)C1c1ccc(C(F)(F)F)cc1. The lowest BCUT2D eigenvalue weighted by Gasteiger charge is -2.33. The van der Waals surface area contributed by atoms with E-state index in [1.807, 2.05) is 7.05 Å². The first kappa shape index (κ1) is 16.3. The first-order chi connectivity index (χ1) is 9.93. The van der Waals surface area contributed by atoms with Gasteiger partial charge in [0.2, 0.25) is 0 Å². The first-order valence-corrected chi connectivity index (χ1v) is 7.45. The van der Waals surface area contributed by atoms with Gasteiger partial charge < -0.3 is 5.32 Å². The van der Waals surface area contributed by atoms with E-state index in [9.17, 15) is 13.2 Å². The molecule has 0 saturated carbocycles. The first-order valence-electron chi connectivity index (χ1n) is 7.45. The zero-order chi connectivity index (χ0) is 15.5. The van der Waals surface area contributed by atoms with Crippen molar-refractivity contribution in [2.75, 3.05) is 27.2 Å². The smallest absolute Gasteiger partial charge is 0.319 e. The number of nitrogens with zero attached hydrogens (tertiary/aromatic N) is 1. The monoisotopic (exact) mass is 300 g/mol. The molecule has 1 fully saturated rings. The summed E-state index contributed by atoms with van der Waals surface area (Å²) in [6, 6.07) is 5.85. The molecule has 118 valence electrons. The normalized spacial score (nSPS) is 24.8. The lowest BCUT2D eigenvalue weighted by Crippen LogP contribution is -2.34. The standard InChI is InChI=1S/C16H23F3N2/c1-20-11-13-5-3-4-10-21(2)15(13)12-6-8-14(9-7-12)16(17,18)19/h6-9,13,15,20H,3-5,10-11H2,1-2H3. The Morgan fingerprint density at radius 3 is 2.43 bits per heavy atom. The largest absolute Gasteiger partial charge is 0.416 e. The van der Waals surface area contributed by atoms with E-state index in [-0.39, 0.29) is 6.04 Å². The van der Waals surface area contributed by atoms with Crippen LogP contribution in [0.25, 0.3) is 0 Å². The lowest BCUT2D eigenvalue weighted by molar-refractivity contribution is -0.137. The van der Waals surface area contributed by atoms with Crippen LogP contribution in [0.1, 0.15) is 36.4 Å². The van der Waals surface area contributed by atoms with Crippen LogP contribution in [-0.2, 0) is 6.18 Å². The van der Waals surface area contributed by atoms with Gasteiger partial charge in [-0.2, -0.15) is 13.2 Å². The summed E-state index contributed by atoms with van der Waals surface area (Å²) < 4.78 is 38.0. The zero-order valence-electron chi connectivity index (χ0n) is 12.6. The number of hydrogen-bond acceptors (Lipinski definition) is 2. The van der Waals surface area contributed by atoms with Crippen LogP contribution >= 0.6 is 0 Å². The quantitative estimate of drug-likeness (QED) is 0.915. The van der Waals surface area contributed by atoms with Crippen LogP contribution in [-0.4, -0.2) is 32.1 Å². The third-order valence-electron chi connectivity index (χ3n) is 4.30. The molecule has 1 saturated heterocycles. The van der Waals surface area contributed by atoms with E-state index < -0.39 is 11.7 Å². The minimum Gasteiger partial charge on any atom is -0.319 e. The number of hydrogen-bond donors (Lipinski definition) is 1. The van der Waals surface area contributed by atoms with Crippen molar-refractivity contribution in [3.63, 3.8) is 0 Å². The average molecular weight is 300 g/mol. The van der Waals surface area contributed by atoms with E-state index >= 15 is 0 Å². The van der Waals surface area contributed by atoms with E-state index in [0.29, 0.717) is 5.92 Å². The maximum absolute atomic E-state index is 12.7. The summed E-state index contributed by atoms with van der Waals surface area (Å²) in [6.45, 7) is 1.88. The summed E-state index contributed by atoms with van der Waals surface area (Å²) in [4.78, 5) is 2.28. The van der Waals surface area contributed by atoms with Crippen LogP contribution in [0.4, 0.5) is 13.2 Å². The second kappa shape index (κ2) is 6.79. The van der Waals surface area contributed by atoms with Crippen molar-refractivity contribution in [3.8, 4) is 0 Å². The van der Waals surface area contributed by atoms with Crippen molar-refractivity contribution < 1.29 is 13.2 Å². The Kier molecular flexibility index (Phi) is 5.27. The van der Waals surface area contributed by atoms with E-state index in [2.05, 4.69) is 17.3 Å². The summed E-state index contributed by atoms with van der Waals surface area (Å²) >= 11 is 0. The number of rotatable bonds is 3. The van der Waals surface area contributed by atoms with Crippen LogP contribution in [0.3, 0.4) is 0 Å². The van der Waals surface area contributed by atoms with Gasteiger partial charge in [0.15, 0.2) is 0 Å². The Bertz CT molecular complexity index is 442. The molecule has 2 nitrogen and oxygen atoms in total. The van der Waals surface area contributed by atoms with E-state index in [0.717, 1.165) is 31.5 Å². The maximum atomic E-state index is 12.7. The lowest BCUT2D eigenvalue weighted by atomic mass is 9.89. The van der Waals surface area contributed by atoms with Crippen molar-refractivity contribution in [1.29, 1.82) is 0 Å². The molecule has 0 spiro atoms. The Balaban J connectivity index is 2.26. The molecule has 0 aromatic heterocycles. The summed E-state index contributed by atoms with van der Waals surface area (Å²) in [7, 11) is 3.99. The van der Waals surface area contributed by atoms with Crippen LogP contribution in [0.5, 0.6) is 0 Å². The number of nitrogens with one attached hydrogen (secondary N) is 1. The van der Waals surface area contributed by atoms with Crippen molar-refractivity contribution in [2.45, 2.75) is 31.5 Å². The highest BCUT2D eigenvalue weighted by atomic mass is 19.4. The van der Waals surface area contributed by atoms with Gasteiger partial charge in [0.25, 0.3) is 0 Å². The van der Waals surface area contributed by atoms with Gasteiger partial charge in [-0.1, -0.05) is 18.6 Å². The van der Waals surface area contributed by atoms with E-state index in [4.69, 9.17) is 0 Å². The molecule has 2 unspecified atom stereocenters. The molecule has 1 aliphatic rings. The fraction of sp³-hybridized carbons (Fsp3) is 0.625. The molecule has 21 heavy (non-hydrogen) atoms. The fourth-order valence-electron chi connectivity index (χ4n) is 3.30. The topological polar surface area (TPSA) is 15.3 Å².